The number of likely N-dealkylation sites (tertiary alicyclic amines) is 1. The van der Waals surface area contributed by atoms with Gasteiger partial charge in [-0.1, -0.05) is 6.92 Å². The van der Waals surface area contributed by atoms with Crippen LogP contribution in [0.5, 0.6) is 0 Å². The van der Waals surface area contributed by atoms with Gasteiger partial charge in [0.05, 0.1) is 0 Å². The molecule has 2 saturated heterocycles. The number of piperidine rings is 1. The summed E-state index contributed by atoms with van der Waals surface area (Å²) in [5.41, 5.74) is 5.81. The van der Waals surface area contributed by atoms with E-state index < -0.39 is 0 Å². The van der Waals surface area contributed by atoms with Gasteiger partial charge in [0.1, 0.15) is 0 Å². The lowest BCUT2D eigenvalue weighted by Gasteiger charge is -2.40. The molecule has 0 aliphatic carbocycles. The highest BCUT2D eigenvalue weighted by atomic mass is 16.5. The highest BCUT2D eigenvalue weighted by Gasteiger charge is 2.32. The SMILES string of the molecule is C[C@@H]1CCCN(C(=O)C[C@@H]2CCOC2)[C@H]1CN. The molecule has 2 aliphatic rings. The molecule has 4 heteroatoms. The summed E-state index contributed by atoms with van der Waals surface area (Å²) in [6.07, 6.45) is 3.98. The van der Waals surface area contributed by atoms with E-state index in [4.69, 9.17) is 10.5 Å². The molecule has 0 saturated carbocycles. The fraction of sp³-hybridized carbons (Fsp3) is 0.923. The van der Waals surface area contributed by atoms with Gasteiger partial charge in [0.25, 0.3) is 0 Å². The number of nitrogens with zero attached hydrogens (tertiary/aromatic N) is 1. The largest absolute Gasteiger partial charge is 0.381 e. The molecule has 3 atom stereocenters. The Kier molecular flexibility index (Phi) is 4.40. The van der Waals surface area contributed by atoms with E-state index in [0.717, 1.165) is 32.6 Å². The number of rotatable bonds is 3. The van der Waals surface area contributed by atoms with Gasteiger partial charge < -0.3 is 15.4 Å². The van der Waals surface area contributed by atoms with Crippen molar-refractivity contribution < 1.29 is 9.53 Å². The normalized spacial score (nSPS) is 34.0. The molecule has 0 bridgehead atoms. The van der Waals surface area contributed by atoms with Crippen molar-refractivity contribution in [3.8, 4) is 0 Å². The van der Waals surface area contributed by atoms with Crippen LogP contribution >= 0.6 is 0 Å². The molecule has 17 heavy (non-hydrogen) atoms. The Bertz CT molecular complexity index is 264. The minimum Gasteiger partial charge on any atom is -0.381 e. The van der Waals surface area contributed by atoms with E-state index in [2.05, 4.69) is 6.92 Å². The van der Waals surface area contributed by atoms with Gasteiger partial charge in [-0.25, -0.2) is 0 Å². The van der Waals surface area contributed by atoms with E-state index in [-0.39, 0.29) is 11.9 Å². The molecule has 0 spiro atoms. The number of nitrogens with two attached hydrogens (primary N) is 1. The molecule has 0 aromatic heterocycles. The maximum absolute atomic E-state index is 12.3. The first-order chi connectivity index (χ1) is 8.22. The van der Waals surface area contributed by atoms with Crippen LogP contribution < -0.4 is 5.73 Å². The van der Waals surface area contributed by atoms with Crippen LogP contribution in [0, 0.1) is 11.8 Å². The Balaban J connectivity index is 1.91. The van der Waals surface area contributed by atoms with Gasteiger partial charge in [-0.05, 0) is 31.1 Å². The smallest absolute Gasteiger partial charge is 0.223 e. The molecule has 0 aromatic rings. The molecule has 2 rings (SSSR count). The summed E-state index contributed by atoms with van der Waals surface area (Å²) in [7, 11) is 0. The lowest BCUT2D eigenvalue weighted by atomic mass is 9.90. The van der Waals surface area contributed by atoms with Gasteiger partial charge in [-0.15, -0.1) is 0 Å². The van der Waals surface area contributed by atoms with Crippen LogP contribution in [0.4, 0.5) is 0 Å². The van der Waals surface area contributed by atoms with Crippen molar-refractivity contribution in [1.29, 1.82) is 0 Å². The van der Waals surface area contributed by atoms with E-state index in [1.807, 2.05) is 4.90 Å². The maximum Gasteiger partial charge on any atom is 0.223 e. The predicted octanol–water partition coefficient (Wildman–Crippen LogP) is 0.999. The topological polar surface area (TPSA) is 55.6 Å². The van der Waals surface area contributed by atoms with Gasteiger partial charge in [0.2, 0.25) is 5.91 Å². The summed E-state index contributed by atoms with van der Waals surface area (Å²) < 4.78 is 5.32. The molecule has 2 heterocycles. The Morgan fingerprint density at radius 3 is 2.94 bits per heavy atom. The van der Waals surface area contributed by atoms with Gasteiger partial charge in [-0.2, -0.15) is 0 Å². The van der Waals surface area contributed by atoms with Crippen molar-refractivity contribution in [2.75, 3.05) is 26.3 Å². The summed E-state index contributed by atoms with van der Waals surface area (Å²) in [6, 6.07) is 0.249. The van der Waals surface area contributed by atoms with E-state index in [1.54, 1.807) is 0 Å². The lowest BCUT2D eigenvalue weighted by Crippen LogP contribution is -2.51. The number of carbonyl (C=O) groups excluding carboxylic acids is 1. The van der Waals surface area contributed by atoms with Crippen LogP contribution in [-0.4, -0.2) is 43.2 Å². The molecule has 2 fully saturated rings. The van der Waals surface area contributed by atoms with Crippen molar-refractivity contribution in [3.05, 3.63) is 0 Å². The first-order valence-corrected chi connectivity index (χ1v) is 6.79. The molecule has 2 N–H and O–H groups in total. The Morgan fingerprint density at radius 1 is 1.47 bits per heavy atom. The second-order valence-electron chi connectivity index (χ2n) is 5.44. The average molecular weight is 240 g/mol. The van der Waals surface area contributed by atoms with Crippen LogP contribution in [0.2, 0.25) is 0 Å². The quantitative estimate of drug-likeness (QED) is 0.800. The standard InChI is InChI=1S/C13H24N2O2/c1-10-3-2-5-15(12(10)8-14)13(16)7-11-4-6-17-9-11/h10-12H,2-9,14H2,1H3/t10-,11+,12+/m1/s1. The van der Waals surface area contributed by atoms with Crippen LogP contribution in [0.15, 0.2) is 0 Å². The number of amides is 1. The van der Waals surface area contributed by atoms with Crippen molar-refractivity contribution in [2.45, 2.75) is 38.6 Å². The first kappa shape index (κ1) is 12.8. The fourth-order valence-electron chi connectivity index (χ4n) is 3.03. The van der Waals surface area contributed by atoms with Crippen LogP contribution in [0.3, 0.4) is 0 Å². The molecular formula is C13H24N2O2. The Hall–Kier alpha value is -0.610. The minimum absolute atomic E-state index is 0.249. The molecule has 0 aromatic carbocycles. The first-order valence-electron chi connectivity index (χ1n) is 6.79. The Morgan fingerprint density at radius 2 is 2.29 bits per heavy atom. The minimum atomic E-state index is 0.249. The summed E-state index contributed by atoms with van der Waals surface area (Å²) in [6.45, 7) is 5.25. The van der Waals surface area contributed by atoms with Crippen LogP contribution in [0.25, 0.3) is 0 Å². The molecule has 2 aliphatic heterocycles. The predicted molar refractivity (Wildman–Crippen MR) is 66.5 cm³/mol. The van der Waals surface area contributed by atoms with E-state index >= 15 is 0 Å². The maximum atomic E-state index is 12.3. The Labute approximate surface area is 103 Å². The van der Waals surface area contributed by atoms with Crippen molar-refractivity contribution in [2.24, 2.45) is 17.6 Å². The number of hydrogen-bond acceptors (Lipinski definition) is 3. The molecular weight excluding hydrogens is 216 g/mol. The van der Waals surface area contributed by atoms with Gasteiger partial charge in [-0.3, -0.25) is 4.79 Å². The third kappa shape index (κ3) is 2.99. The van der Waals surface area contributed by atoms with Crippen molar-refractivity contribution in [1.82, 2.24) is 4.90 Å². The molecule has 0 unspecified atom stereocenters. The average Bonchev–Trinajstić information content (AvgIpc) is 2.81. The van der Waals surface area contributed by atoms with E-state index in [1.165, 1.54) is 6.42 Å². The highest BCUT2D eigenvalue weighted by Crippen LogP contribution is 2.25. The number of hydrogen-bond donors (Lipinski definition) is 1. The zero-order chi connectivity index (χ0) is 12.3. The number of ether oxygens (including phenoxy) is 1. The van der Waals surface area contributed by atoms with Crippen molar-refractivity contribution in [3.63, 3.8) is 0 Å². The monoisotopic (exact) mass is 240 g/mol. The molecule has 98 valence electrons. The molecule has 4 nitrogen and oxygen atoms in total. The van der Waals surface area contributed by atoms with Gasteiger partial charge in [0, 0.05) is 38.8 Å². The van der Waals surface area contributed by atoms with E-state index in [9.17, 15) is 4.79 Å². The lowest BCUT2D eigenvalue weighted by molar-refractivity contribution is -0.137. The summed E-state index contributed by atoms with van der Waals surface area (Å²) in [5, 5.41) is 0. The zero-order valence-electron chi connectivity index (χ0n) is 10.7. The van der Waals surface area contributed by atoms with Gasteiger partial charge in [0.15, 0.2) is 0 Å². The molecule has 0 radical (unpaired) electrons. The van der Waals surface area contributed by atoms with Crippen molar-refractivity contribution >= 4 is 5.91 Å². The third-order valence-electron chi connectivity index (χ3n) is 4.16. The summed E-state index contributed by atoms with van der Waals surface area (Å²) >= 11 is 0. The third-order valence-corrected chi connectivity index (χ3v) is 4.16. The van der Waals surface area contributed by atoms with Gasteiger partial charge >= 0.3 is 0 Å². The fourth-order valence-corrected chi connectivity index (χ4v) is 3.03. The summed E-state index contributed by atoms with van der Waals surface area (Å²) in [4.78, 5) is 14.3. The summed E-state index contributed by atoms with van der Waals surface area (Å²) in [5.74, 6) is 1.25. The second kappa shape index (κ2) is 5.83. The highest BCUT2D eigenvalue weighted by molar-refractivity contribution is 5.77. The van der Waals surface area contributed by atoms with Crippen LogP contribution in [0.1, 0.15) is 32.6 Å². The van der Waals surface area contributed by atoms with Crippen LogP contribution in [-0.2, 0) is 9.53 Å². The van der Waals surface area contributed by atoms with E-state index in [0.29, 0.717) is 24.8 Å². The molecule has 1 amide bonds. The zero-order valence-corrected chi connectivity index (χ0v) is 10.7. The second-order valence-corrected chi connectivity index (χ2v) is 5.44. The number of carbonyl (C=O) groups is 1.